The summed E-state index contributed by atoms with van der Waals surface area (Å²) in [5, 5.41) is 0. The van der Waals surface area contributed by atoms with E-state index in [0.717, 1.165) is 12.8 Å². The fraction of sp³-hybridized carbons (Fsp3) is 0.680. The maximum atomic E-state index is 13.1. The van der Waals surface area contributed by atoms with Gasteiger partial charge in [-0.25, -0.2) is 0 Å². The third-order valence-electron chi connectivity index (χ3n) is 5.98. The van der Waals surface area contributed by atoms with Crippen LogP contribution in [0.15, 0.2) is 18.2 Å². The third-order valence-corrected chi connectivity index (χ3v) is 5.98. The number of carbonyl (C=O) groups excluding carboxylic acids is 2. The third kappa shape index (κ3) is 6.15. The van der Waals surface area contributed by atoms with E-state index in [0.29, 0.717) is 69.3 Å². The maximum absolute atomic E-state index is 13.1. The molecular weight excluding hydrogens is 408 g/mol. The molecule has 32 heavy (non-hydrogen) atoms. The summed E-state index contributed by atoms with van der Waals surface area (Å²) in [5.74, 6) is 1.45. The van der Waals surface area contributed by atoms with E-state index in [1.54, 1.807) is 12.1 Å². The second kappa shape index (κ2) is 11.5. The highest BCUT2D eigenvalue weighted by atomic mass is 16.5. The van der Waals surface area contributed by atoms with E-state index in [4.69, 9.17) is 14.2 Å². The van der Waals surface area contributed by atoms with Gasteiger partial charge in [0, 0.05) is 37.7 Å². The Labute approximate surface area is 192 Å². The minimum absolute atomic E-state index is 0.0205. The molecule has 0 N–H and O–H groups in total. The number of carbonyl (C=O) groups is 2. The van der Waals surface area contributed by atoms with Crippen molar-refractivity contribution in [3.05, 3.63) is 23.8 Å². The highest BCUT2D eigenvalue weighted by Gasteiger charge is 2.33. The number of likely N-dealkylation sites (tertiary alicyclic amines) is 1. The first kappa shape index (κ1) is 24.4. The molecule has 2 aliphatic heterocycles. The zero-order valence-corrected chi connectivity index (χ0v) is 20.0. The first-order valence-electron chi connectivity index (χ1n) is 12.1. The van der Waals surface area contributed by atoms with Crippen LogP contribution in [0.1, 0.15) is 63.7 Å². The number of morpholine rings is 1. The van der Waals surface area contributed by atoms with Crippen molar-refractivity contribution >= 4 is 11.8 Å². The van der Waals surface area contributed by atoms with Crippen molar-refractivity contribution in [3.8, 4) is 11.5 Å². The Morgan fingerprint density at radius 3 is 2.12 bits per heavy atom. The Bertz CT molecular complexity index is 766. The summed E-state index contributed by atoms with van der Waals surface area (Å²) in [4.78, 5) is 29.9. The van der Waals surface area contributed by atoms with E-state index < -0.39 is 0 Å². The van der Waals surface area contributed by atoms with Crippen LogP contribution < -0.4 is 9.47 Å². The lowest BCUT2D eigenvalue weighted by Gasteiger charge is -2.39. The molecule has 0 radical (unpaired) electrons. The molecule has 7 heteroatoms. The van der Waals surface area contributed by atoms with Crippen LogP contribution >= 0.6 is 0 Å². The second-order valence-corrected chi connectivity index (χ2v) is 8.93. The minimum Gasteiger partial charge on any atom is -0.490 e. The molecule has 2 atom stereocenters. The molecule has 1 aromatic carbocycles. The molecule has 178 valence electrons. The highest BCUT2D eigenvalue weighted by Crippen LogP contribution is 2.30. The molecule has 0 aliphatic carbocycles. The van der Waals surface area contributed by atoms with Crippen LogP contribution in [-0.4, -0.2) is 73.2 Å². The molecule has 2 saturated heterocycles. The monoisotopic (exact) mass is 446 g/mol. The fourth-order valence-corrected chi connectivity index (χ4v) is 4.43. The first-order chi connectivity index (χ1) is 15.4. The van der Waals surface area contributed by atoms with Crippen LogP contribution in [0, 0.1) is 5.92 Å². The van der Waals surface area contributed by atoms with Gasteiger partial charge in [-0.15, -0.1) is 0 Å². The normalized spacial score (nSPS) is 22.0. The predicted octanol–water partition coefficient (Wildman–Crippen LogP) is 3.75. The van der Waals surface area contributed by atoms with E-state index >= 15 is 0 Å². The summed E-state index contributed by atoms with van der Waals surface area (Å²) in [6.45, 7) is 11.8. The Morgan fingerprint density at radius 2 is 1.53 bits per heavy atom. The van der Waals surface area contributed by atoms with Crippen molar-refractivity contribution in [1.29, 1.82) is 0 Å². The van der Waals surface area contributed by atoms with Crippen LogP contribution in [-0.2, 0) is 9.53 Å². The van der Waals surface area contributed by atoms with Crippen molar-refractivity contribution < 1.29 is 23.8 Å². The van der Waals surface area contributed by atoms with Gasteiger partial charge in [-0.2, -0.15) is 0 Å². The number of amides is 2. The van der Waals surface area contributed by atoms with Crippen molar-refractivity contribution in [3.63, 3.8) is 0 Å². The number of piperidine rings is 1. The van der Waals surface area contributed by atoms with E-state index in [1.165, 1.54) is 0 Å². The second-order valence-electron chi connectivity index (χ2n) is 8.93. The molecule has 3 rings (SSSR count). The SMILES string of the molecule is CCCOc1ccc(C(=O)N2CCC(C(=O)N3CC(C)OC(C)C3)CC2)cc1OCCC. The van der Waals surface area contributed by atoms with Gasteiger partial charge in [0.25, 0.3) is 5.91 Å². The topological polar surface area (TPSA) is 68.3 Å². The maximum Gasteiger partial charge on any atom is 0.253 e. The number of ether oxygens (including phenoxy) is 3. The van der Waals surface area contributed by atoms with Crippen molar-refractivity contribution in [2.75, 3.05) is 39.4 Å². The zero-order chi connectivity index (χ0) is 23.1. The first-order valence-corrected chi connectivity index (χ1v) is 12.1. The Balaban J connectivity index is 1.60. The molecule has 2 unspecified atom stereocenters. The molecule has 2 aliphatic rings. The van der Waals surface area contributed by atoms with Gasteiger partial charge in [0.1, 0.15) is 0 Å². The van der Waals surface area contributed by atoms with Crippen molar-refractivity contribution in [2.45, 2.75) is 65.6 Å². The summed E-state index contributed by atoms with van der Waals surface area (Å²) >= 11 is 0. The number of rotatable bonds is 8. The largest absolute Gasteiger partial charge is 0.490 e. The minimum atomic E-state index is -0.0233. The van der Waals surface area contributed by atoms with Crippen molar-refractivity contribution in [2.24, 2.45) is 5.92 Å². The molecule has 1 aromatic rings. The number of benzene rings is 1. The number of nitrogens with zero attached hydrogens (tertiary/aromatic N) is 2. The Hall–Kier alpha value is -2.28. The number of hydrogen-bond donors (Lipinski definition) is 0. The summed E-state index contributed by atoms with van der Waals surface area (Å²) in [7, 11) is 0. The average Bonchev–Trinajstić information content (AvgIpc) is 2.80. The lowest BCUT2D eigenvalue weighted by Crippen LogP contribution is -2.51. The quantitative estimate of drug-likeness (QED) is 0.608. The summed E-state index contributed by atoms with van der Waals surface area (Å²) in [5.41, 5.74) is 0.598. The molecule has 0 aromatic heterocycles. The van der Waals surface area contributed by atoms with Gasteiger partial charge >= 0.3 is 0 Å². The smallest absolute Gasteiger partial charge is 0.253 e. The standard InChI is InChI=1S/C25H38N2O5/c1-5-13-30-22-8-7-21(15-23(22)31-14-6-2)25(29)26-11-9-20(10-12-26)24(28)27-16-18(3)32-19(4)17-27/h7-8,15,18-20H,5-6,9-14,16-17H2,1-4H3. The van der Waals surface area contributed by atoms with E-state index in [-0.39, 0.29) is 29.9 Å². The van der Waals surface area contributed by atoms with Crippen LogP contribution in [0.5, 0.6) is 11.5 Å². The molecule has 0 spiro atoms. The van der Waals surface area contributed by atoms with Gasteiger partial charge in [-0.1, -0.05) is 13.8 Å². The highest BCUT2D eigenvalue weighted by molar-refractivity contribution is 5.95. The molecule has 2 heterocycles. The number of hydrogen-bond acceptors (Lipinski definition) is 5. The summed E-state index contributed by atoms with van der Waals surface area (Å²) < 4.78 is 17.4. The van der Waals surface area contributed by atoms with Gasteiger partial charge in [0.05, 0.1) is 25.4 Å². The fourth-order valence-electron chi connectivity index (χ4n) is 4.43. The van der Waals surface area contributed by atoms with Gasteiger partial charge in [0.2, 0.25) is 5.91 Å². The predicted molar refractivity (Wildman–Crippen MR) is 123 cm³/mol. The van der Waals surface area contributed by atoms with Gasteiger partial charge in [0.15, 0.2) is 11.5 Å². The van der Waals surface area contributed by atoms with E-state index in [1.807, 2.05) is 36.6 Å². The lowest BCUT2D eigenvalue weighted by atomic mass is 9.94. The van der Waals surface area contributed by atoms with Crippen LogP contribution in [0.3, 0.4) is 0 Å². The van der Waals surface area contributed by atoms with Gasteiger partial charge in [-0.3, -0.25) is 9.59 Å². The Kier molecular flexibility index (Phi) is 8.79. The van der Waals surface area contributed by atoms with Crippen LogP contribution in [0.2, 0.25) is 0 Å². The van der Waals surface area contributed by atoms with E-state index in [9.17, 15) is 9.59 Å². The van der Waals surface area contributed by atoms with Gasteiger partial charge < -0.3 is 24.0 Å². The molecular formula is C25H38N2O5. The summed E-state index contributed by atoms with van der Waals surface area (Å²) in [6, 6.07) is 5.42. The Morgan fingerprint density at radius 1 is 0.938 bits per heavy atom. The molecule has 0 saturated carbocycles. The summed E-state index contributed by atoms with van der Waals surface area (Å²) in [6.07, 6.45) is 3.32. The molecule has 0 bridgehead atoms. The lowest BCUT2D eigenvalue weighted by molar-refractivity contribution is -0.148. The molecule has 7 nitrogen and oxygen atoms in total. The zero-order valence-electron chi connectivity index (χ0n) is 20.0. The van der Waals surface area contributed by atoms with Gasteiger partial charge in [-0.05, 0) is 57.7 Å². The van der Waals surface area contributed by atoms with Crippen molar-refractivity contribution in [1.82, 2.24) is 9.80 Å². The van der Waals surface area contributed by atoms with E-state index in [2.05, 4.69) is 6.92 Å². The van der Waals surface area contributed by atoms with Crippen LogP contribution in [0.4, 0.5) is 0 Å². The van der Waals surface area contributed by atoms with Crippen LogP contribution in [0.25, 0.3) is 0 Å². The average molecular weight is 447 g/mol. The molecule has 2 fully saturated rings. The molecule has 2 amide bonds.